The van der Waals surface area contributed by atoms with E-state index in [-0.39, 0.29) is 6.42 Å². The number of hydrogen-bond donors (Lipinski definition) is 0. The number of thioether (sulfide) groups is 1. The number of carbonyl (C=O) groups excluding carboxylic acids is 1. The van der Waals surface area contributed by atoms with E-state index in [4.69, 9.17) is 4.74 Å². The molecular weight excluding hydrogens is 365 g/mol. The number of rotatable bonds is 7. The number of alkyl halides is 5. The largest absolute Gasteiger partial charge is 0.444 e. The minimum atomic E-state index is -4.14. The number of hydrogen-bond acceptors (Lipinski definition) is 3. The highest BCUT2D eigenvalue weighted by Crippen LogP contribution is 2.35. The van der Waals surface area contributed by atoms with Gasteiger partial charge in [-0.25, -0.2) is 13.6 Å². The Hall–Kier alpha value is -0.730. The van der Waals surface area contributed by atoms with Crippen LogP contribution in [0.2, 0.25) is 0 Å². The molecule has 1 saturated heterocycles. The zero-order valence-electron chi connectivity index (χ0n) is 14.8. The van der Waals surface area contributed by atoms with Crippen molar-refractivity contribution >= 4 is 17.9 Å². The number of likely N-dealkylation sites (tertiary alicyclic amines) is 1. The van der Waals surface area contributed by atoms with E-state index < -0.39 is 49.2 Å². The highest BCUT2D eigenvalue weighted by atomic mass is 32.2. The molecular formula is C16H26F5NO2S. The molecule has 0 bridgehead atoms. The van der Waals surface area contributed by atoms with Crippen molar-refractivity contribution in [3.63, 3.8) is 0 Å². The zero-order valence-corrected chi connectivity index (χ0v) is 15.6. The van der Waals surface area contributed by atoms with Gasteiger partial charge in [0.2, 0.25) is 0 Å². The second kappa shape index (κ2) is 8.77. The van der Waals surface area contributed by atoms with Gasteiger partial charge in [0.25, 0.3) is 5.92 Å². The fraction of sp³-hybridized carbons (Fsp3) is 0.938. The van der Waals surface area contributed by atoms with E-state index in [1.54, 1.807) is 20.8 Å². The Morgan fingerprint density at radius 2 is 1.80 bits per heavy atom. The summed E-state index contributed by atoms with van der Waals surface area (Å²) in [6.45, 7) is 4.37. The topological polar surface area (TPSA) is 29.5 Å². The maximum absolute atomic E-state index is 13.7. The molecule has 0 N–H and O–H groups in total. The van der Waals surface area contributed by atoms with E-state index in [2.05, 4.69) is 0 Å². The van der Waals surface area contributed by atoms with Crippen LogP contribution in [0.4, 0.5) is 26.7 Å². The molecule has 1 aliphatic heterocycles. The average Bonchev–Trinajstić information content (AvgIpc) is 2.70. The van der Waals surface area contributed by atoms with Crippen LogP contribution in [0, 0.1) is 0 Å². The molecule has 0 saturated carbocycles. The predicted octanol–water partition coefficient (Wildman–Crippen LogP) is 5.49. The van der Waals surface area contributed by atoms with Crippen molar-refractivity contribution in [3.05, 3.63) is 0 Å². The lowest BCUT2D eigenvalue weighted by atomic mass is 10.1. The van der Waals surface area contributed by atoms with Crippen LogP contribution in [0.25, 0.3) is 0 Å². The highest BCUT2D eigenvalue weighted by molar-refractivity contribution is 7.99. The van der Waals surface area contributed by atoms with Crippen LogP contribution in [0.3, 0.4) is 0 Å². The van der Waals surface area contributed by atoms with Gasteiger partial charge in [-0.3, -0.25) is 4.90 Å². The van der Waals surface area contributed by atoms with E-state index in [0.717, 1.165) is 4.90 Å². The minimum Gasteiger partial charge on any atom is -0.444 e. The summed E-state index contributed by atoms with van der Waals surface area (Å²) in [7, 11) is 0. The first-order valence-electron chi connectivity index (χ1n) is 8.31. The van der Waals surface area contributed by atoms with Crippen molar-refractivity contribution in [2.24, 2.45) is 0 Å². The van der Waals surface area contributed by atoms with Crippen LogP contribution in [0.15, 0.2) is 0 Å². The molecule has 1 rings (SSSR count). The monoisotopic (exact) mass is 391 g/mol. The number of ether oxygens (including phenoxy) is 1. The zero-order chi connectivity index (χ0) is 19.3. The standard InChI is InChI=1S/C16H26F5NO2S/c1-14(2,3)24-13(23)22-11-15(17,18)10-12(22)6-4-8-25-9-5-7-16(19,20)21/h12H,4-11H2,1-3H3/t12-/m1/s1. The summed E-state index contributed by atoms with van der Waals surface area (Å²) in [5.74, 6) is -1.96. The van der Waals surface area contributed by atoms with Crippen LogP contribution >= 0.6 is 11.8 Å². The SMILES string of the molecule is CC(C)(C)OC(=O)N1CC(F)(F)C[C@H]1CCCSCCCC(F)(F)F. The van der Waals surface area contributed by atoms with E-state index in [1.165, 1.54) is 11.8 Å². The lowest BCUT2D eigenvalue weighted by Gasteiger charge is -2.28. The van der Waals surface area contributed by atoms with Gasteiger partial charge in [0, 0.05) is 18.9 Å². The normalized spacial score (nSPS) is 20.8. The summed E-state index contributed by atoms with van der Waals surface area (Å²) < 4.78 is 68.6. The first-order chi connectivity index (χ1) is 11.3. The summed E-state index contributed by atoms with van der Waals surface area (Å²) in [5, 5.41) is 0. The van der Waals surface area contributed by atoms with E-state index >= 15 is 0 Å². The Morgan fingerprint density at radius 3 is 2.36 bits per heavy atom. The highest BCUT2D eigenvalue weighted by Gasteiger charge is 2.47. The molecule has 1 heterocycles. The molecule has 1 fully saturated rings. The van der Waals surface area contributed by atoms with Crippen molar-refractivity contribution in [3.8, 4) is 0 Å². The molecule has 0 aromatic carbocycles. The summed E-state index contributed by atoms with van der Waals surface area (Å²) in [4.78, 5) is 13.2. The van der Waals surface area contributed by atoms with Gasteiger partial charge in [-0.15, -0.1) is 0 Å². The minimum absolute atomic E-state index is 0.0553. The van der Waals surface area contributed by atoms with E-state index in [9.17, 15) is 26.7 Å². The maximum atomic E-state index is 13.7. The molecule has 1 atom stereocenters. The molecule has 3 nitrogen and oxygen atoms in total. The van der Waals surface area contributed by atoms with Crippen molar-refractivity contribution in [2.75, 3.05) is 18.1 Å². The van der Waals surface area contributed by atoms with E-state index in [1.807, 2.05) is 0 Å². The van der Waals surface area contributed by atoms with Crippen molar-refractivity contribution < 1.29 is 31.5 Å². The van der Waals surface area contributed by atoms with Gasteiger partial charge in [-0.05, 0) is 51.5 Å². The number of carbonyl (C=O) groups is 1. The number of nitrogens with zero attached hydrogens (tertiary/aromatic N) is 1. The molecule has 1 aliphatic rings. The fourth-order valence-electron chi connectivity index (χ4n) is 2.59. The summed E-state index contributed by atoms with van der Waals surface area (Å²) in [5.41, 5.74) is -0.756. The molecule has 0 spiro atoms. The molecule has 0 radical (unpaired) electrons. The predicted molar refractivity (Wildman–Crippen MR) is 88.1 cm³/mol. The van der Waals surface area contributed by atoms with Gasteiger partial charge in [-0.2, -0.15) is 24.9 Å². The third kappa shape index (κ3) is 9.51. The van der Waals surface area contributed by atoms with Gasteiger partial charge in [0.05, 0.1) is 6.54 Å². The van der Waals surface area contributed by atoms with Gasteiger partial charge in [0.1, 0.15) is 5.60 Å². The molecule has 0 aromatic rings. The summed E-state index contributed by atoms with van der Waals surface area (Å²) in [6.07, 6.45) is -5.07. The van der Waals surface area contributed by atoms with Crippen LogP contribution in [-0.2, 0) is 4.74 Å². The maximum Gasteiger partial charge on any atom is 0.410 e. The van der Waals surface area contributed by atoms with Gasteiger partial charge >= 0.3 is 12.3 Å². The first kappa shape index (κ1) is 22.3. The second-order valence-corrected chi connectivity index (χ2v) is 8.52. The lowest BCUT2D eigenvalue weighted by molar-refractivity contribution is -0.134. The van der Waals surface area contributed by atoms with Crippen LogP contribution in [0.5, 0.6) is 0 Å². The summed E-state index contributed by atoms with van der Waals surface area (Å²) in [6, 6.07) is -0.597. The quantitative estimate of drug-likeness (QED) is 0.425. The average molecular weight is 391 g/mol. The lowest BCUT2D eigenvalue weighted by Crippen LogP contribution is -2.40. The molecule has 9 heteroatoms. The molecule has 1 amide bonds. The van der Waals surface area contributed by atoms with Crippen molar-refractivity contribution in [1.82, 2.24) is 4.90 Å². The van der Waals surface area contributed by atoms with Gasteiger partial charge < -0.3 is 4.74 Å². The Labute approximate surface area is 149 Å². The van der Waals surface area contributed by atoms with E-state index in [0.29, 0.717) is 24.3 Å². The third-order valence-corrected chi connectivity index (χ3v) is 4.73. The molecule has 0 unspecified atom stereocenters. The number of amides is 1. The first-order valence-corrected chi connectivity index (χ1v) is 9.46. The number of halogens is 5. The van der Waals surface area contributed by atoms with Gasteiger partial charge in [-0.1, -0.05) is 0 Å². The summed E-state index contributed by atoms with van der Waals surface area (Å²) >= 11 is 1.37. The van der Waals surface area contributed by atoms with Crippen molar-refractivity contribution in [2.45, 2.75) is 76.6 Å². The Kier molecular flexibility index (Phi) is 7.83. The van der Waals surface area contributed by atoms with Crippen LogP contribution < -0.4 is 0 Å². The smallest absolute Gasteiger partial charge is 0.410 e. The third-order valence-electron chi connectivity index (χ3n) is 3.58. The Morgan fingerprint density at radius 1 is 1.20 bits per heavy atom. The fourth-order valence-corrected chi connectivity index (χ4v) is 3.51. The molecule has 25 heavy (non-hydrogen) atoms. The molecule has 0 aromatic heterocycles. The Balaban J connectivity index is 2.35. The second-order valence-electron chi connectivity index (χ2n) is 7.30. The van der Waals surface area contributed by atoms with Gasteiger partial charge in [0.15, 0.2) is 0 Å². The van der Waals surface area contributed by atoms with Crippen LogP contribution in [0.1, 0.15) is 52.9 Å². The molecule has 0 aliphatic carbocycles. The van der Waals surface area contributed by atoms with Crippen LogP contribution in [-0.4, -0.2) is 52.8 Å². The molecule has 148 valence electrons. The Bertz CT molecular complexity index is 437. The van der Waals surface area contributed by atoms with Crippen molar-refractivity contribution in [1.29, 1.82) is 0 Å².